The first-order valence-corrected chi connectivity index (χ1v) is 8.16. The second kappa shape index (κ2) is 6.52. The lowest BCUT2D eigenvalue weighted by molar-refractivity contribution is 0.260. The van der Waals surface area contributed by atoms with Crippen LogP contribution in [-0.2, 0) is 6.42 Å². The molecule has 7 heteroatoms. The molecule has 0 aliphatic carbocycles. The zero-order valence-corrected chi connectivity index (χ0v) is 13.3. The van der Waals surface area contributed by atoms with Crippen LogP contribution in [0.5, 0.6) is 0 Å². The molecule has 0 saturated carbocycles. The summed E-state index contributed by atoms with van der Waals surface area (Å²) in [7, 11) is 0. The maximum absolute atomic E-state index is 13.2. The molecule has 0 spiro atoms. The van der Waals surface area contributed by atoms with E-state index in [1.54, 1.807) is 24.7 Å². The van der Waals surface area contributed by atoms with Gasteiger partial charge in [-0.15, -0.1) is 10.2 Å². The minimum atomic E-state index is -0.159. The largest absolute Gasteiger partial charge is 0.355 e. The van der Waals surface area contributed by atoms with Gasteiger partial charge in [-0.05, 0) is 30.2 Å². The van der Waals surface area contributed by atoms with E-state index in [1.165, 1.54) is 6.07 Å². The zero-order valence-electron chi connectivity index (χ0n) is 13.3. The third kappa shape index (κ3) is 3.07. The van der Waals surface area contributed by atoms with Crippen molar-refractivity contribution in [1.29, 1.82) is 0 Å². The van der Waals surface area contributed by atoms with Crippen LogP contribution < -0.4 is 4.90 Å². The summed E-state index contributed by atoms with van der Waals surface area (Å²) >= 11 is 0. The van der Waals surface area contributed by atoms with E-state index < -0.39 is 0 Å². The van der Waals surface area contributed by atoms with Gasteiger partial charge in [-0.1, -0.05) is 12.1 Å². The van der Waals surface area contributed by atoms with Gasteiger partial charge in [0.1, 0.15) is 18.0 Å². The van der Waals surface area contributed by atoms with Crippen LogP contribution in [0.2, 0.25) is 0 Å². The second-order valence-electron chi connectivity index (χ2n) is 6.01. The van der Waals surface area contributed by atoms with E-state index in [9.17, 15) is 4.39 Å². The van der Waals surface area contributed by atoms with Crippen LogP contribution in [0.15, 0.2) is 42.9 Å². The minimum Gasteiger partial charge on any atom is -0.355 e. The van der Waals surface area contributed by atoms with Crippen LogP contribution in [0, 0.1) is 5.82 Å². The van der Waals surface area contributed by atoms with Crippen molar-refractivity contribution < 1.29 is 4.39 Å². The predicted octanol–water partition coefficient (Wildman–Crippen LogP) is 1.63. The normalized spacial score (nSPS) is 16.0. The van der Waals surface area contributed by atoms with Crippen molar-refractivity contribution in [3.63, 3.8) is 0 Å². The van der Waals surface area contributed by atoms with E-state index >= 15 is 0 Å². The number of anilines is 1. The van der Waals surface area contributed by atoms with Crippen molar-refractivity contribution in [2.45, 2.75) is 6.42 Å². The summed E-state index contributed by atoms with van der Waals surface area (Å²) in [4.78, 5) is 8.96. The molecular weight excluding hydrogens is 307 g/mol. The lowest BCUT2D eigenvalue weighted by Gasteiger charge is -2.36. The van der Waals surface area contributed by atoms with Gasteiger partial charge in [0.25, 0.3) is 5.78 Å². The first-order valence-electron chi connectivity index (χ1n) is 8.16. The Balaban J connectivity index is 1.36. The molecule has 124 valence electrons. The Hall–Kier alpha value is -2.54. The molecule has 0 atom stereocenters. The summed E-state index contributed by atoms with van der Waals surface area (Å²) in [6.07, 6.45) is 4.35. The van der Waals surface area contributed by atoms with Crippen molar-refractivity contribution >= 4 is 11.6 Å². The lowest BCUT2D eigenvalue weighted by Crippen LogP contribution is -2.47. The van der Waals surface area contributed by atoms with E-state index in [2.05, 4.69) is 25.0 Å². The summed E-state index contributed by atoms with van der Waals surface area (Å²) in [6.45, 7) is 4.82. The van der Waals surface area contributed by atoms with Crippen molar-refractivity contribution in [1.82, 2.24) is 24.5 Å². The molecule has 1 aromatic carbocycles. The Labute approximate surface area is 139 Å². The van der Waals surface area contributed by atoms with Crippen molar-refractivity contribution in [2.75, 3.05) is 37.6 Å². The van der Waals surface area contributed by atoms with Crippen molar-refractivity contribution in [2.24, 2.45) is 0 Å². The van der Waals surface area contributed by atoms with Crippen LogP contribution in [0.4, 0.5) is 10.2 Å². The quantitative estimate of drug-likeness (QED) is 0.729. The number of piperazine rings is 1. The van der Waals surface area contributed by atoms with E-state index in [-0.39, 0.29) is 5.82 Å². The molecule has 4 rings (SSSR count). The van der Waals surface area contributed by atoms with E-state index in [1.807, 2.05) is 16.5 Å². The van der Waals surface area contributed by atoms with Gasteiger partial charge in [-0.25, -0.2) is 9.37 Å². The number of hydrogen-bond donors (Lipinski definition) is 0. The molecule has 6 nitrogen and oxygen atoms in total. The monoisotopic (exact) mass is 326 g/mol. The molecule has 0 N–H and O–H groups in total. The van der Waals surface area contributed by atoms with Gasteiger partial charge in [0.05, 0.1) is 0 Å². The highest BCUT2D eigenvalue weighted by Gasteiger charge is 2.19. The smallest absolute Gasteiger partial charge is 0.256 e. The average molecular weight is 326 g/mol. The van der Waals surface area contributed by atoms with Crippen LogP contribution >= 0.6 is 0 Å². The molecule has 24 heavy (non-hydrogen) atoms. The summed E-state index contributed by atoms with van der Waals surface area (Å²) in [6, 6.07) is 8.87. The zero-order chi connectivity index (χ0) is 16.4. The Bertz CT molecular complexity index is 825. The van der Waals surface area contributed by atoms with Gasteiger partial charge in [-0.2, -0.15) is 0 Å². The van der Waals surface area contributed by atoms with Crippen LogP contribution in [-0.4, -0.2) is 57.2 Å². The summed E-state index contributed by atoms with van der Waals surface area (Å²) in [5.74, 6) is 1.55. The van der Waals surface area contributed by atoms with E-state index in [0.29, 0.717) is 5.78 Å². The van der Waals surface area contributed by atoms with Gasteiger partial charge >= 0.3 is 0 Å². The maximum Gasteiger partial charge on any atom is 0.256 e. The first-order chi connectivity index (χ1) is 11.8. The predicted molar refractivity (Wildman–Crippen MR) is 89.5 cm³/mol. The molecule has 0 radical (unpaired) electrons. The van der Waals surface area contributed by atoms with Gasteiger partial charge < -0.3 is 4.90 Å². The standard InChI is InChI=1S/C17H19FN6/c18-15-3-1-2-14(12-15)5-7-22-8-10-23(11-9-22)16-4-6-19-17-21-20-13-24(16)17/h1-4,6,12-13H,5,7-11H2. The van der Waals surface area contributed by atoms with Crippen LogP contribution in [0.1, 0.15) is 5.56 Å². The minimum absolute atomic E-state index is 0.159. The number of aromatic nitrogens is 4. The van der Waals surface area contributed by atoms with Crippen LogP contribution in [0.25, 0.3) is 5.78 Å². The van der Waals surface area contributed by atoms with Crippen molar-refractivity contribution in [3.8, 4) is 0 Å². The molecule has 1 aliphatic rings. The highest BCUT2D eigenvalue weighted by molar-refractivity contribution is 5.46. The molecule has 3 aromatic rings. The number of halogens is 1. The molecule has 0 bridgehead atoms. The number of fused-ring (bicyclic) bond motifs is 1. The number of hydrogen-bond acceptors (Lipinski definition) is 5. The lowest BCUT2D eigenvalue weighted by atomic mass is 10.1. The summed E-state index contributed by atoms with van der Waals surface area (Å²) < 4.78 is 15.2. The molecule has 2 aromatic heterocycles. The van der Waals surface area contributed by atoms with Crippen LogP contribution in [0.3, 0.4) is 0 Å². The molecule has 3 heterocycles. The third-order valence-corrected chi connectivity index (χ3v) is 4.49. The van der Waals surface area contributed by atoms with Gasteiger partial charge in [0.2, 0.25) is 0 Å². The second-order valence-corrected chi connectivity index (χ2v) is 6.01. The molecule has 0 amide bonds. The fourth-order valence-electron chi connectivity index (χ4n) is 3.17. The average Bonchev–Trinajstić information content (AvgIpc) is 3.09. The number of nitrogens with zero attached hydrogens (tertiary/aromatic N) is 6. The highest BCUT2D eigenvalue weighted by Crippen LogP contribution is 2.16. The maximum atomic E-state index is 13.2. The highest BCUT2D eigenvalue weighted by atomic mass is 19.1. The van der Waals surface area contributed by atoms with Gasteiger partial charge in [0, 0.05) is 38.9 Å². The Morgan fingerprint density at radius 2 is 1.96 bits per heavy atom. The van der Waals surface area contributed by atoms with Gasteiger partial charge in [-0.3, -0.25) is 9.30 Å². The molecule has 1 fully saturated rings. The molecule has 1 aliphatic heterocycles. The number of rotatable bonds is 4. The molecular formula is C17H19FN6. The molecule has 1 saturated heterocycles. The SMILES string of the molecule is Fc1cccc(CCN2CCN(c3ccnc4nncn34)CC2)c1. The third-order valence-electron chi connectivity index (χ3n) is 4.49. The van der Waals surface area contributed by atoms with E-state index in [4.69, 9.17) is 0 Å². The first kappa shape index (κ1) is 15.0. The summed E-state index contributed by atoms with van der Waals surface area (Å²) in [5.41, 5.74) is 1.05. The molecule has 0 unspecified atom stereocenters. The Morgan fingerprint density at radius 1 is 1.08 bits per heavy atom. The Morgan fingerprint density at radius 3 is 2.79 bits per heavy atom. The Kier molecular flexibility index (Phi) is 4.08. The summed E-state index contributed by atoms with van der Waals surface area (Å²) in [5, 5.41) is 7.92. The fourth-order valence-corrected chi connectivity index (χ4v) is 3.17. The van der Waals surface area contributed by atoms with Gasteiger partial charge in [0.15, 0.2) is 0 Å². The van der Waals surface area contributed by atoms with Crippen molar-refractivity contribution in [3.05, 3.63) is 54.2 Å². The number of benzene rings is 1. The fraction of sp³-hybridized carbons (Fsp3) is 0.353. The van der Waals surface area contributed by atoms with E-state index in [0.717, 1.165) is 50.5 Å². The topological polar surface area (TPSA) is 49.6 Å².